The Morgan fingerprint density at radius 3 is 2.26 bits per heavy atom. The van der Waals surface area contributed by atoms with Gasteiger partial charge in [-0.2, -0.15) is 0 Å². The fourth-order valence-electron chi connectivity index (χ4n) is 2.73. The fraction of sp³-hybridized carbons (Fsp3) is 0.333. The smallest absolute Gasteiger partial charge is 0.212 e. The summed E-state index contributed by atoms with van der Waals surface area (Å²) >= 11 is 0. The average molecular weight is 331 g/mol. The number of aryl methyl sites for hydroxylation is 1. The van der Waals surface area contributed by atoms with E-state index in [2.05, 4.69) is 4.72 Å². The number of hydrogen-bond donors (Lipinski definition) is 1. The SMILES string of the molecule is COc1ccc(C2(NS(=O)(=O)CCc3ccccc3)CC2)cc1. The molecule has 0 bridgehead atoms. The van der Waals surface area contributed by atoms with E-state index in [1.165, 1.54) is 0 Å². The third-order valence-corrected chi connectivity index (χ3v) is 5.69. The summed E-state index contributed by atoms with van der Waals surface area (Å²) in [6.45, 7) is 0. The van der Waals surface area contributed by atoms with Crippen molar-refractivity contribution in [3.63, 3.8) is 0 Å². The molecule has 5 heteroatoms. The lowest BCUT2D eigenvalue weighted by Crippen LogP contribution is -2.36. The Kier molecular flexibility index (Phi) is 4.41. The van der Waals surface area contributed by atoms with Gasteiger partial charge in [0.15, 0.2) is 0 Å². The molecule has 0 saturated heterocycles. The van der Waals surface area contributed by atoms with E-state index in [4.69, 9.17) is 4.74 Å². The van der Waals surface area contributed by atoms with Gasteiger partial charge in [-0.05, 0) is 42.5 Å². The number of methoxy groups -OCH3 is 1. The Morgan fingerprint density at radius 2 is 1.70 bits per heavy atom. The first-order valence-corrected chi connectivity index (χ1v) is 9.38. The van der Waals surface area contributed by atoms with Crippen LogP contribution in [0.25, 0.3) is 0 Å². The minimum atomic E-state index is -3.32. The second kappa shape index (κ2) is 6.34. The highest BCUT2D eigenvalue weighted by molar-refractivity contribution is 7.89. The summed E-state index contributed by atoms with van der Waals surface area (Å²) in [5.41, 5.74) is 1.61. The predicted octanol–water partition coefficient (Wildman–Crippen LogP) is 2.85. The summed E-state index contributed by atoms with van der Waals surface area (Å²) in [7, 11) is -1.70. The van der Waals surface area contributed by atoms with E-state index in [9.17, 15) is 8.42 Å². The molecule has 1 aliphatic rings. The zero-order chi connectivity index (χ0) is 16.3. The van der Waals surface area contributed by atoms with Gasteiger partial charge in [-0.1, -0.05) is 42.5 Å². The first kappa shape index (κ1) is 16.0. The van der Waals surface area contributed by atoms with Crippen LogP contribution in [0.15, 0.2) is 54.6 Å². The summed E-state index contributed by atoms with van der Waals surface area (Å²) in [5.74, 6) is 0.881. The lowest BCUT2D eigenvalue weighted by Gasteiger charge is -2.18. The number of ether oxygens (including phenoxy) is 1. The van der Waals surface area contributed by atoms with Crippen LogP contribution < -0.4 is 9.46 Å². The van der Waals surface area contributed by atoms with Gasteiger partial charge >= 0.3 is 0 Å². The summed E-state index contributed by atoms with van der Waals surface area (Å²) in [6.07, 6.45) is 2.20. The predicted molar refractivity (Wildman–Crippen MR) is 91.0 cm³/mol. The minimum Gasteiger partial charge on any atom is -0.497 e. The van der Waals surface area contributed by atoms with Crippen molar-refractivity contribution in [2.24, 2.45) is 0 Å². The first-order valence-electron chi connectivity index (χ1n) is 7.73. The molecule has 23 heavy (non-hydrogen) atoms. The number of sulfonamides is 1. The quantitative estimate of drug-likeness (QED) is 0.849. The summed E-state index contributed by atoms with van der Waals surface area (Å²) in [6, 6.07) is 17.3. The molecule has 122 valence electrons. The Bertz CT molecular complexity index is 751. The molecule has 0 unspecified atom stereocenters. The van der Waals surface area contributed by atoms with Crippen molar-refractivity contribution >= 4 is 10.0 Å². The molecule has 0 spiro atoms. The van der Waals surface area contributed by atoms with E-state index >= 15 is 0 Å². The van der Waals surface area contributed by atoms with Crippen molar-refractivity contribution in [2.75, 3.05) is 12.9 Å². The highest BCUT2D eigenvalue weighted by Crippen LogP contribution is 2.46. The van der Waals surface area contributed by atoms with E-state index in [0.717, 1.165) is 29.7 Å². The van der Waals surface area contributed by atoms with E-state index in [0.29, 0.717) is 6.42 Å². The molecule has 0 atom stereocenters. The van der Waals surface area contributed by atoms with E-state index in [1.807, 2.05) is 54.6 Å². The summed E-state index contributed by atoms with van der Waals surface area (Å²) in [5, 5.41) is 0. The molecule has 2 aromatic carbocycles. The van der Waals surface area contributed by atoms with E-state index in [1.54, 1.807) is 7.11 Å². The van der Waals surface area contributed by atoms with Crippen LogP contribution in [0, 0.1) is 0 Å². The largest absolute Gasteiger partial charge is 0.497 e. The van der Waals surface area contributed by atoms with E-state index in [-0.39, 0.29) is 5.75 Å². The number of hydrogen-bond acceptors (Lipinski definition) is 3. The van der Waals surface area contributed by atoms with Crippen molar-refractivity contribution in [3.05, 3.63) is 65.7 Å². The van der Waals surface area contributed by atoms with Crippen LogP contribution in [0.2, 0.25) is 0 Å². The summed E-state index contributed by atoms with van der Waals surface area (Å²) < 4.78 is 32.9. The lowest BCUT2D eigenvalue weighted by molar-refractivity contribution is 0.414. The van der Waals surface area contributed by atoms with Crippen LogP contribution in [0.1, 0.15) is 24.0 Å². The molecule has 0 heterocycles. The van der Waals surface area contributed by atoms with Gasteiger partial charge in [0, 0.05) is 0 Å². The van der Waals surface area contributed by atoms with Gasteiger partial charge in [0.05, 0.1) is 18.4 Å². The molecular weight excluding hydrogens is 310 g/mol. The van der Waals surface area contributed by atoms with Crippen molar-refractivity contribution in [1.82, 2.24) is 4.72 Å². The topological polar surface area (TPSA) is 55.4 Å². The van der Waals surface area contributed by atoms with Crippen molar-refractivity contribution in [1.29, 1.82) is 0 Å². The zero-order valence-corrected chi connectivity index (χ0v) is 14.0. The van der Waals surface area contributed by atoms with Crippen LogP contribution in [0.4, 0.5) is 0 Å². The van der Waals surface area contributed by atoms with Crippen LogP contribution >= 0.6 is 0 Å². The second-order valence-electron chi connectivity index (χ2n) is 5.97. The number of nitrogens with one attached hydrogen (secondary N) is 1. The van der Waals surface area contributed by atoms with Crippen LogP contribution in [0.5, 0.6) is 5.75 Å². The Morgan fingerprint density at radius 1 is 1.04 bits per heavy atom. The number of rotatable bonds is 7. The standard InChI is InChI=1S/C18H21NO3S/c1-22-17-9-7-16(8-10-17)18(12-13-18)19-23(20,21)14-11-15-5-3-2-4-6-15/h2-10,19H,11-14H2,1H3. The van der Waals surface area contributed by atoms with Gasteiger partial charge < -0.3 is 4.74 Å². The first-order chi connectivity index (χ1) is 11.0. The average Bonchev–Trinajstić information content (AvgIpc) is 3.34. The van der Waals surface area contributed by atoms with Crippen molar-refractivity contribution in [3.8, 4) is 5.75 Å². The maximum Gasteiger partial charge on any atom is 0.212 e. The molecule has 1 fully saturated rings. The molecule has 1 aliphatic carbocycles. The van der Waals surface area contributed by atoms with E-state index < -0.39 is 15.6 Å². The maximum absolute atomic E-state index is 12.4. The molecule has 2 aromatic rings. The zero-order valence-electron chi connectivity index (χ0n) is 13.2. The lowest BCUT2D eigenvalue weighted by atomic mass is 10.1. The van der Waals surface area contributed by atoms with Gasteiger partial charge in [0.1, 0.15) is 5.75 Å². The van der Waals surface area contributed by atoms with Gasteiger partial charge in [0.25, 0.3) is 0 Å². The molecule has 0 amide bonds. The number of benzene rings is 2. The highest BCUT2D eigenvalue weighted by atomic mass is 32.2. The van der Waals surface area contributed by atoms with Gasteiger partial charge in [0.2, 0.25) is 10.0 Å². The van der Waals surface area contributed by atoms with Gasteiger partial charge in [-0.3, -0.25) is 0 Å². The Balaban J connectivity index is 1.67. The normalized spacial score (nSPS) is 16.0. The minimum absolute atomic E-state index is 0.106. The molecule has 0 aliphatic heterocycles. The Hall–Kier alpha value is -1.85. The fourth-order valence-corrected chi connectivity index (χ4v) is 4.25. The van der Waals surface area contributed by atoms with Crippen LogP contribution in [-0.4, -0.2) is 21.3 Å². The van der Waals surface area contributed by atoms with Crippen molar-refractivity contribution in [2.45, 2.75) is 24.8 Å². The molecule has 0 radical (unpaired) electrons. The Labute approximate surface area is 137 Å². The maximum atomic E-state index is 12.4. The van der Waals surface area contributed by atoms with Gasteiger partial charge in [-0.25, -0.2) is 13.1 Å². The van der Waals surface area contributed by atoms with Crippen LogP contribution in [-0.2, 0) is 22.0 Å². The monoisotopic (exact) mass is 331 g/mol. The molecular formula is C18H21NO3S. The van der Waals surface area contributed by atoms with Crippen molar-refractivity contribution < 1.29 is 13.2 Å². The molecule has 4 nitrogen and oxygen atoms in total. The highest BCUT2D eigenvalue weighted by Gasteiger charge is 2.47. The molecule has 3 rings (SSSR count). The molecule has 1 saturated carbocycles. The molecule has 1 N–H and O–H groups in total. The summed E-state index contributed by atoms with van der Waals surface area (Å²) in [4.78, 5) is 0. The van der Waals surface area contributed by atoms with Gasteiger partial charge in [-0.15, -0.1) is 0 Å². The third kappa shape index (κ3) is 3.92. The van der Waals surface area contributed by atoms with Crippen LogP contribution in [0.3, 0.4) is 0 Å². The molecule has 0 aromatic heterocycles. The third-order valence-electron chi connectivity index (χ3n) is 4.25. The second-order valence-corrected chi connectivity index (χ2v) is 7.81.